The molecule has 12 nitrogen and oxygen atoms in total. The van der Waals surface area contributed by atoms with Gasteiger partial charge < -0.3 is 28.8 Å². The number of benzene rings is 1. The Morgan fingerprint density at radius 3 is 2.37 bits per heavy atom. The molecule has 3 N–H and O–H groups in total. The number of methoxy groups -OCH3 is 2. The minimum absolute atomic E-state index is 0.0739. The molecule has 0 amide bonds. The molecule has 202 valence electrons. The highest BCUT2D eigenvalue weighted by molar-refractivity contribution is 8.00. The molecular formula is C25H30N6O6S. The normalized spacial score (nSPS) is 12.8. The number of anilines is 1. The number of rotatable bonds is 13. The number of hydrogen-bond donors (Lipinski definition) is 3. The van der Waals surface area contributed by atoms with E-state index < -0.39 is 18.8 Å². The molecule has 38 heavy (non-hydrogen) atoms. The van der Waals surface area contributed by atoms with Crippen LogP contribution in [0, 0.1) is 13.8 Å². The predicted molar refractivity (Wildman–Crippen MR) is 142 cm³/mol. The van der Waals surface area contributed by atoms with Crippen molar-refractivity contribution in [3.8, 4) is 28.8 Å². The second-order valence-electron chi connectivity index (χ2n) is 8.29. The van der Waals surface area contributed by atoms with Gasteiger partial charge in [0.2, 0.25) is 11.8 Å². The van der Waals surface area contributed by atoms with E-state index >= 15 is 0 Å². The molecule has 0 saturated heterocycles. The summed E-state index contributed by atoms with van der Waals surface area (Å²) < 4.78 is 27.9. The third-order valence-corrected chi connectivity index (χ3v) is 6.23. The molecule has 2 unspecified atom stereocenters. The molecule has 4 aromatic rings. The lowest BCUT2D eigenvalue weighted by molar-refractivity contribution is -0.0245. The molecule has 1 aromatic carbocycles. The van der Waals surface area contributed by atoms with E-state index in [0.717, 1.165) is 11.3 Å². The van der Waals surface area contributed by atoms with Crippen LogP contribution in [0.25, 0.3) is 17.3 Å². The van der Waals surface area contributed by atoms with Crippen molar-refractivity contribution in [3.63, 3.8) is 0 Å². The molecule has 3 heterocycles. The Morgan fingerprint density at radius 2 is 1.76 bits per heavy atom. The average Bonchev–Trinajstić information content (AvgIpc) is 3.56. The van der Waals surface area contributed by atoms with Gasteiger partial charge in [0, 0.05) is 18.1 Å². The van der Waals surface area contributed by atoms with Gasteiger partial charge in [-0.05, 0) is 55.6 Å². The second kappa shape index (κ2) is 12.7. The smallest absolute Gasteiger partial charge is 0.239 e. The van der Waals surface area contributed by atoms with Crippen LogP contribution in [0.4, 0.5) is 5.95 Å². The lowest BCUT2D eigenvalue weighted by Gasteiger charge is -2.19. The SMILES string of the molecule is COc1cccc(OC)c1-n1c(NSCC(OCC(O)CO)c2ncc(C)cn2)nnc1-c1ccc(C)o1. The molecule has 0 saturated carbocycles. The van der Waals surface area contributed by atoms with Crippen molar-refractivity contribution in [2.75, 3.05) is 37.9 Å². The van der Waals surface area contributed by atoms with Crippen LogP contribution in [0.15, 0.2) is 47.1 Å². The summed E-state index contributed by atoms with van der Waals surface area (Å²) in [5.74, 6) is 4.00. The van der Waals surface area contributed by atoms with Crippen molar-refractivity contribution >= 4 is 17.9 Å². The fraction of sp³-hybridized carbons (Fsp3) is 0.360. The van der Waals surface area contributed by atoms with Crippen molar-refractivity contribution in [2.24, 2.45) is 0 Å². The third-order valence-electron chi connectivity index (χ3n) is 5.44. The summed E-state index contributed by atoms with van der Waals surface area (Å²) in [6, 6.07) is 9.13. The molecule has 0 aliphatic heterocycles. The van der Waals surface area contributed by atoms with E-state index in [-0.39, 0.29) is 6.61 Å². The first kappa shape index (κ1) is 27.4. The maximum absolute atomic E-state index is 9.78. The van der Waals surface area contributed by atoms with Crippen LogP contribution in [-0.4, -0.2) is 74.2 Å². The fourth-order valence-corrected chi connectivity index (χ4v) is 4.30. The summed E-state index contributed by atoms with van der Waals surface area (Å²) >= 11 is 1.29. The van der Waals surface area contributed by atoms with Crippen molar-refractivity contribution < 1.29 is 28.8 Å². The number of aliphatic hydroxyl groups is 2. The molecule has 4 rings (SSSR count). The maximum Gasteiger partial charge on any atom is 0.239 e. The summed E-state index contributed by atoms with van der Waals surface area (Å²) in [5.41, 5.74) is 1.50. The summed E-state index contributed by atoms with van der Waals surface area (Å²) in [4.78, 5) is 8.73. The molecule has 13 heteroatoms. The van der Waals surface area contributed by atoms with Crippen LogP contribution in [-0.2, 0) is 4.74 Å². The fourth-order valence-electron chi connectivity index (χ4n) is 3.56. The first-order chi connectivity index (χ1) is 18.4. The standard InChI is InChI=1S/C25H30N6O6S/c1-15-10-26-23(27-11-15)21(36-13-17(33)12-32)14-38-30-25-29-28-24(20-9-8-16(2)37-20)31(25)22-18(34-3)6-5-7-19(22)35-4/h5-11,17,21,32-33H,12-14H2,1-4H3,(H,29,30). The van der Waals surface area contributed by atoms with E-state index in [1.807, 2.05) is 44.2 Å². The van der Waals surface area contributed by atoms with Gasteiger partial charge in [-0.25, -0.2) is 9.97 Å². The van der Waals surface area contributed by atoms with Crippen LogP contribution in [0.3, 0.4) is 0 Å². The van der Waals surface area contributed by atoms with Gasteiger partial charge in [-0.1, -0.05) is 6.07 Å². The second-order valence-corrected chi connectivity index (χ2v) is 9.12. The lowest BCUT2D eigenvalue weighted by Crippen LogP contribution is -2.23. The Bertz CT molecular complexity index is 1310. The minimum Gasteiger partial charge on any atom is -0.494 e. The number of aliphatic hydroxyl groups excluding tert-OH is 2. The molecular weight excluding hydrogens is 512 g/mol. The van der Waals surface area contributed by atoms with Gasteiger partial charge in [-0.15, -0.1) is 10.2 Å². The van der Waals surface area contributed by atoms with Crippen LogP contribution in [0.2, 0.25) is 0 Å². The topological polar surface area (TPSA) is 150 Å². The summed E-state index contributed by atoms with van der Waals surface area (Å²) in [5, 5.41) is 27.7. The number of para-hydroxylation sites is 1. The van der Waals surface area contributed by atoms with Crippen LogP contribution >= 0.6 is 11.9 Å². The average molecular weight is 543 g/mol. The number of aryl methyl sites for hydroxylation is 2. The van der Waals surface area contributed by atoms with Crippen LogP contribution in [0.1, 0.15) is 23.3 Å². The third kappa shape index (κ3) is 6.25. The van der Waals surface area contributed by atoms with Gasteiger partial charge in [0.15, 0.2) is 11.6 Å². The molecule has 0 bridgehead atoms. The largest absolute Gasteiger partial charge is 0.494 e. The van der Waals surface area contributed by atoms with Gasteiger partial charge in [-0.3, -0.25) is 9.29 Å². The van der Waals surface area contributed by atoms with Gasteiger partial charge in [-0.2, -0.15) is 0 Å². The zero-order chi connectivity index (χ0) is 27.1. The summed E-state index contributed by atoms with van der Waals surface area (Å²) in [6.07, 6.45) is 1.81. The zero-order valence-electron chi connectivity index (χ0n) is 21.5. The number of hydrogen-bond acceptors (Lipinski definition) is 12. The highest BCUT2D eigenvalue weighted by Gasteiger charge is 2.25. The van der Waals surface area contributed by atoms with Crippen molar-refractivity contribution in [1.29, 1.82) is 0 Å². The van der Waals surface area contributed by atoms with Gasteiger partial charge in [0.25, 0.3) is 0 Å². The first-order valence-corrected chi connectivity index (χ1v) is 12.7. The van der Waals surface area contributed by atoms with Crippen molar-refractivity contribution in [1.82, 2.24) is 24.7 Å². The maximum atomic E-state index is 9.78. The number of ether oxygens (including phenoxy) is 3. The van der Waals surface area contributed by atoms with Crippen molar-refractivity contribution in [2.45, 2.75) is 26.1 Å². The Balaban J connectivity index is 1.64. The Kier molecular flexibility index (Phi) is 9.18. The highest BCUT2D eigenvalue weighted by atomic mass is 32.2. The Labute approximate surface area is 224 Å². The van der Waals surface area contributed by atoms with Crippen molar-refractivity contribution in [3.05, 3.63) is 59.9 Å². The van der Waals surface area contributed by atoms with Gasteiger partial charge in [0.05, 0.1) is 27.4 Å². The minimum atomic E-state index is -1.01. The molecule has 0 aliphatic rings. The van der Waals surface area contributed by atoms with Gasteiger partial charge >= 0.3 is 0 Å². The number of aromatic nitrogens is 5. The van der Waals surface area contributed by atoms with E-state index in [1.165, 1.54) is 11.9 Å². The van der Waals surface area contributed by atoms with Crippen LogP contribution < -0.4 is 14.2 Å². The van der Waals surface area contributed by atoms with E-state index in [1.54, 1.807) is 31.2 Å². The summed E-state index contributed by atoms with van der Waals surface area (Å²) in [7, 11) is 3.15. The number of nitrogens with one attached hydrogen (secondary N) is 1. The monoisotopic (exact) mass is 542 g/mol. The van der Waals surface area contributed by atoms with Gasteiger partial charge in [0.1, 0.15) is 35.2 Å². The molecule has 3 aromatic heterocycles. The van der Waals surface area contributed by atoms with E-state index in [9.17, 15) is 10.2 Å². The molecule has 0 spiro atoms. The zero-order valence-corrected chi connectivity index (χ0v) is 22.3. The van der Waals surface area contributed by atoms with Crippen LogP contribution in [0.5, 0.6) is 11.5 Å². The molecule has 0 aliphatic carbocycles. The lowest BCUT2D eigenvalue weighted by atomic mass is 10.2. The first-order valence-electron chi connectivity index (χ1n) is 11.8. The van der Waals surface area contributed by atoms with E-state index in [2.05, 4.69) is 24.9 Å². The molecule has 0 fully saturated rings. The van der Waals surface area contributed by atoms with E-state index in [4.69, 9.17) is 18.6 Å². The number of nitrogens with zero attached hydrogens (tertiary/aromatic N) is 5. The quantitative estimate of drug-likeness (QED) is 0.213. The number of furan rings is 1. The molecule has 0 radical (unpaired) electrons. The Hall–Kier alpha value is -3.65. The highest BCUT2D eigenvalue weighted by Crippen LogP contribution is 2.38. The van der Waals surface area contributed by atoms with E-state index in [0.29, 0.717) is 46.3 Å². The molecule has 2 atom stereocenters. The predicted octanol–water partition coefficient (Wildman–Crippen LogP) is 3.12. The Morgan fingerprint density at radius 1 is 1.05 bits per heavy atom. The summed E-state index contributed by atoms with van der Waals surface area (Å²) in [6.45, 7) is 3.26.